The first-order valence-corrected chi connectivity index (χ1v) is 19.3. The normalized spacial score (nSPS) is 12.2. The summed E-state index contributed by atoms with van der Waals surface area (Å²) >= 11 is 0. The minimum atomic E-state index is 0.770. The van der Waals surface area contributed by atoms with E-state index in [4.69, 9.17) is 14.4 Å². The van der Waals surface area contributed by atoms with Crippen molar-refractivity contribution in [3.05, 3.63) is 182 Å². The third-order valence-corrected chi connectivity index (χ3v) is 11.9. The second-order valence-electron chi connectivity index (χ2n) is 14.9. The molecule has 0 N–H and O–H groups in total. The number of aromatic nitrogens is 4. The number of hydrogen-bond donors (Lipinski definition) is 0. The summed E-state index contributed by atoms with van der Waals surface area (Å²) in [5.41, 5.74) is 10.7. The molecule has 0 fully saturated rings. The standard InChI is InChI=1S/C52H30N4O/c1-2-14-33-29-45-40(28-32(33)13-1)36-16-5-9-21-43(36)55(45)34-25-26-37-46(30-34)56(44-27-24-31-12-3-4-15-35(31)49(37)44)52-51(53-41-19-7-8-20-42(41)54-52)39-18-11-23-48-50(39)38-17-6-10-22-47(38)57-48/h1-30H. The van der Waals surface area contributed by atoms with E-state index < -0.39 is 0 Å². The van der Waals surface area contributed by atoms with Crippen LogP contribution in [0.1, 0.15) is 0 Å². The molecule has 4 heterocycles. The van der Waals surface area contributed by atoms with Crippen molar-refractivity contribution in [2.45, 2.75) is 0 Å². The molecule has 0 amide bonds. The maximum absolute atomic E-state index is 6.42. The van der Waals surface area contributed by atoms with Crippen LogP contribution in [-0.4, -0.2) is 19.1 Å². The Bertz CT molecular complexity index is 3830. The first kappa shape index (κ1) is 30.6. The highest BCUT2D eigenvalue weighted by Gasteiger charge is 2.24. The van der Waals surface area contributed by atoms with Gasteiger partial charge < -0.3 is 8.98 Å². The zero-order valence-electron chi connectivity index (χ0n) is 30.5. The Morgan fingerprint density at radius 1 is 0.368 bits per heavy atom. The molecule has 0 aliphatic rings. The Labute approximate surface area is 325 Å². The SMILES string of the molecule is c1ccc2cc3c(cc2c1)c1ccccc1n3-c1ccc2c3c4ccccc4ccc3n(-c3nc4ccccc4nc3-c3cccc4oc5ccccc5c34)c2c1. The lowest BCUT2D eigenvalue weighted by Gasteiger charge is -2.15. The van der Waals surface area contributed by atoms with Crippen LogP contribution in [0.4, 0.5) is 0 Å². The molecule has 0 unspecified atom stereocenters. The fourth-order valence-corrected chi connectivity index (χ4v) is 9.38. The average Bonchev–Trinajstić information content (AvgIpc) is 3.92. The lowest BCUT2D eigenvalue weighted by molar-refractivity contribution is 0.669. The highest BCUT2D eigenvalue weighted by molar-refractivity contribution is 6.22. The van der Waals surface area contributed by atoms with Crippen molar-refractivity contribution in [1.82, 2.24) is 19.1 Å². The van der Waals surface area contributed by atoms with Crippen LogP contribution in [0.3, 0.4) is 0 Å². The maximum Gasteiger partial charge on any atom is 0.165 e. The molecule has 13 rings (SSSR count). The predicted octanol–water partition coefficient (Wildman–Crippen LogP) is 13.7. The van der Waals surface area contributed by atoms with Crippen molar-refractivity contribution < 1.29 is 4.42 Å². The van der Waals surface area contributed by atoms with Gasteiger partial charge in [-0.25, -0.2) is 9.97 Å². The average molecular weight is 727 g/mol. The molecule has 57 heavy (non-hydrogen) atoms. The fourth-order valence-electron chi connectivity index (χ4n) is 9.38. The van der Waals surface area contributed by atoms with Gasteiger partial charge in [0.1, 0.15) is 16.9 Å². The molecule has 0 bridgehead atoms. The molecule has 13 aromatic rings. The van der Waals surface area contributed by atoms with E-state index in [-0.39, 0.29) is 0 Å². The molecule has 264 valence electrons. The van der Waals surface area contributed by atoms with Crippen LogP contribution in [0.15, 0.2) is 186 Å². The number of fused-ring (bicyclic) bond motifs is 13. The van der Waals surface area contributed by atoms with E-state index in [0.717, 1.165) is 72.2 Å². The molecule has 0 saturated heterocycles. The van der Waals surface area contributed by atoms with Gasteiger partial charge >= 0.3 is 0 Å². The minimum Gasteiger partial charge on any atom is -0.456 e. The molecule has 0 radical (unpaired) electrons. The van der Waals surface area contributed by atoms with Crippen molar-refractivity contribution in [3.8, 4) is 22.8 Å². The monoisotopic (exact) mass is 726 g/mol. The molecule has 4 aromatic heterocycles. The lowest BCUT2D eigenvalue weighted by atomic mass is 10.0. The summed E-state index contributed by atoms with van der Waals surface area (Å²) < 4.78 is 11.2. The summed E-state index contributed by atoms with van der Waals surface area (Å²) in [7, 11) is 0. The van der Waals surface area contributed by atoms with E-state index in [2.05, 4.69) is 155 Å². The van der Waals surface area contributed by atoms with Gasteiger partial charge in [0.2, 0.25) is 0 Å². The van der Waals surface area contributed by atoms with Gasteiger partial charge in [0.05, 0.1) is 33.1 Å². The first-order valence-electron chi connectivity index (χ1n) is 19.3. The molecule has 5 nitrogen and oxygen atoms in total. The highest BCUT2D eigenvalue weighted by atomic mass is 16.3. The molecular formula is C52H30N4O. The number of hydrogen-bond acceptors (Lipinski definition) is 3. The van der Waals surface area contributed by atoms with Gasteiger partial charge in [-0.05, 0) is 82.2 Å². The van der Waals surface area contributed by atoms with Gasteiger partial charge in [-0.2, -0.15) is 0 Å². The summed E-state index contributed by atoms with van der Waals surface area (Å²) in [5, 5.41) is 11.7. The van der Waals surface area contributed by atoms with Gasteiger partial charge in [-0.3, -0.25) is 4.57 Å². The van der Waals surface area contributed by atoms with Gasteiger partial charge in [0.15, 0.2) is 5.82 Å². The van der Waals surface area contributed by atoms with Crippen LogP contribution in [0.25, 0.3) is 121 Å². The highest BCUT2D eigenvalue weighted by Crippen LogP contribution is 2.43. The molecule has 0 aliphatic carbocycles. The summed E-state index contributed by atoms with van der Waals surface area (Å²) in [5.74, 6) is 0.770. The molecule has 5 heteroatoms. The zero-order chi connectivity index (χ0) is 37.2. The fraction of sp³-hybridized carbons (Fsp3) is 0. The van der Waals surface area contributed by atoms with Crippen molar-refractivity contribution in [2.24, 2.45) is 0 Å². The third-order valence-electron chi connectivity index (χ3n) is 11.9. The van der Waals surface area contributed by atoms with Crippen LogP contribution < -0.4 is 0 Å². The zero-order valence-corrected chi connectivity index (χ0v) is 30.5. The van der Waals surface area contributed by atoms with Gasteiger partial charge in [0, 0.05) is 43.6 Å². The van der Waals surface area contributed by atoms with Crippen LogP contribution in [0.5, 0.6) is 0 Å². The van der Waals surface area contributed by atoms with Crippen LogP contribution >= 0.6 is 0 Å². The van der Waals surface area contributed by atoms with Gasteiger partial charge in [-0.15, -0.1) is 0 Å². The summed E-state index contributed by atoms with van der Waals surface area (Å²) in [6, 6.07) is 64.8. The second kappa shape index (κ2) is 11.4. The molecule has 0 aliphatic heterocycles. The first-order chi connectivity index (χ1) is 28.3. The molecule has 0 saturated carbocycles. The molecule has 0 spiro atoms. The Morgan fingerprint density at radius 2 is 1.05 bits per heavy atom. The summed E-state index contributed by atoms with van der Waals surface area (Å²) in [6.07, 6.45) is 0. The number of furan rings is 1. The minimum absolute atomic E-state index is 0.770. The summed E-state index contributed by atoms with van der Waals surface area (Å²) in [4.78, 5) is 11.0. The van der Waals surface area contributed by atoms with Gasteiger partial charge in [0.25, 0.3) is 0 Å². The quantitative estimate of drug-likeness (QED) is 0.182. The smallest absolute Gasteiger partial charge is 0.165 e. The third kappa shape index (κ3) is 4.28. The number of benzene rings is 9. The Morgan fingerprint density at radius 3 is 1.93 bits per heavy atom. The van der Waals surface area contributed by atoms with Crippen molar-refractivity contribution in [2.75, 3.05) is 0 Å². The van der Waals surface area contributed by atoms with E-state index in [9.17, 15) is 0 Å². The Hall–Kier alpha value is -7.76. The van der Waals surface area contributed by atoms with Crippen LogP contribution in [0.2, 0.25) is 0 Å². The summed E-state index contributed by atoms with van der Waals surface area (Å²) in [6.45, 7) is 0. The van der Waals surface area contributed by atoms with E-state index in [0.29, 0.717) is 0 Å². The lowest BCUT2D eigenvalue weighted by Crippen LogP contribution is -2.04. The molecular weight excluding hydrogens is 697 g/mol. The number of rotatable bonds is 3. The van der Waals surface area contributed by atoms with Crippen molar-refractivity contribution >= 4 is 98.1 Å². The van der Waals surface area contributed by atoms with Crippen molar-refractivity contribution in [3.63, 3.8) is 0 Å². The second-order valence-corrected chi connectivity index (χ2v) is 14.9. The van der Waals surface area contributed by atoms with Crippen LogP contribution in [0, 0.1) is 0 Å². The topological polar surface area (TPSA) is 48.8 Å². The maximum atomic E-state index is 6.42. The van der Waals surface area contributed by atoms with Crippen LogP contribution in [-0.2, 0) is 0 Å². The Kier molecular flexibility index (Phi) is 6.10. The number of nitrogens with zero attached hydrogens (tertiary/aromatic N) is 4. The predicted molar refractivity (Wildman–Crippen MR) is 236 cm³/mol. The molecule has 0 atom stereocenters. The number of para-hydroxylation sites is 4. The van der Waals surface area contributed by atoms with E-state index in [1.165, 1.54) is 48.7 Å². The van der Waals surface area contributed by atoms with E-state index in [1.54, 1.807) is 0 Å². The largest absolute Gasteiger partial charge is 0.456 e. The van der Waals surface area contributed by atoms with Gasteiger partial charge in [-0.1, -0.05) is 121 Å². The molecule has 9 aromatic carbocycles. The van der Waals surface area contributed by atoms with Crippen molar-refractivity contribution in [1.29, 1.82) is 0 Å². The van der Waals surface area contributed by atoms with E-state index in [1.807, 2.05) is 36.4 Å². The van der Waals surface area contributed by atoms with E-state index >= 15 is 0 Å². The Balaban J connectivity index is 1.19.